The number of hydrogen-bond acceptors (Lipinski definition) is 5. The Morgan fingerprint density at radius 3 is 2.46 bits per heavy atom. The van der Waals surface area contributed by atoms with Crippen molar-refractivity contribution < 1.29 is 9.59 Å². The van der Waals surface area contributed by atoms with Crippen molar-refractivity contribution in [1.29, 1.82) is 0 Å². The molecule has 0 spiro atoms. The van der Waals surface area contributed by atoms with Gasteiger partial charge in [0.1, 0.15) is 5.82 Å². The molecule has 35 heavy (non-hydrogen) atoms. The van der Waals surface area contributed by atoms with Gasteiger partial charge < -0.3 is 10.6 Å². The SMILES string of the molecule is CC(=O)Nc1ccc(-c2cccc(C(=O)Nc3cnc4nnc(C5CCCCC5)n4c3)c2C)cc1. The minimum Gasteiger partial charge on any atom is -0.326 e. The number of fused-ring (bicyclic) bond motifs is 1. The number of aromatic nitrogens is 4. The molecule has 0 radical (unpaired) electrons. The summed E-state index contributed by atoms with van der Waals surface area (Å²) in [5, 5.41) is 14.4. The summed E-state index contributed by atoms with van der Waals surface area (Å²) in [7, 11) is 0. The highest BCUT2D eigenvalue weighted by Crippen LogP contribution is 2.32. The van der Waals surface area contributed by atoms with E-state index in [4.69, 9.17) is 0 Å². The molecule has 0 aliphatic heterocycles. The summed E-state index contributed by atoms with van der Waals surface area (Å²) in [6.45, 7) is 3.42. The van der Waals surface area contributed by atoms with Gasteiger partial charge in [0.05, 0.1) is 11.9 Å². The fourth-order valence-electron chi connectivity index (χ4n) is 4.84. The molecule has 5 rings (SSSR count). The van der Waals surface area contributed by atoms with E-state index in [0.717, 1.165) is 41.0 Å². The van der Waals surface area contributed by atoms with Crippen LogP contribution in [0.25, 0.3) is 16.9 Å². The van der Waals surface area contributed by atoms with Crippen LogP contribution in [0.4, 0.5) is 11.4 Å². The molecule has 1 fully saturated rings. The number of benzene rings is 2. The highest BCUT2D eigenvalue weighted by Gasteiger charge is 2.21. The first kappa shape index (κ1) is 22.7. The van der Waals surface area contributed by atoms with Crippen LogP contribution in [0, 0.1) is 6.92 Å². The van der Waals surface area contributed by atoms with Crippen LogP contribution < -0.4 is 10.6 Å². The summed E-state index contributed by atoms with van der Waals surface area (Å²) in [5.74, 6) is 1.53. The number of hydrogen-bond donors (Lipinski definition) is 2. The van der Waals surface area contributed by atoms with Crippen LogP contribution in [0.15, 0.2) is 54.9 Å². The van der Waals surface area contributed by atoms with Gasteiger partial charge in [0.25, 0.3) is 11.7 Å². The number of amides is 2. The first-order chi connectivity index (χ1) is 17.0. The van der Waals surface area contributed by atoms with Crippen LogP contribution in [-0.4, -0.2) is 31.4 Å². The number of nitrogens with one attached hydrogen (secondary N) is 2. The molecule has 1 saturated carbocycles. The Morgan fingerprint density at radius 1 is 0.943 bits per heavy atom. The molecule has 8 heteroatoms. The van der Waals surface area contributed by atoms with Crippen molar-refractivity contribution in [2.45, 2.75) is 51.9 Å². The van der Waals surface area contributed by atoms with Crippen LogP contribution in [-0.2, 0) is 4.79 Å². The fourth-order valence-corrected chi connectivity index (χ4v) is 4.84. The molecule has 0 bridgehead atoms. The van der Waals surface area contributed by atoms with E-state index in [9.17, 15) is 9.59 Å². The topological polar surface area (TPSA) is 101 Å². The number of rotatable bonds is 5. The normalized spacial score (nSPS) is 14.1. The Kier molecular flexibility index (Phi) is 6.27. The highest BCUT2D eigenvalue weighted by molar-refractivity contribution is 6.06. The zero-order valence-electron chi connectivity index (χ0n) is 19.9. The Hall–Kier alpha value is -4.07. The van der Waals surface area contributed by atoms with E-state index < -0.39 is 0 Å². The molecule has 0 unspecified atom stereocenters. The molecule has 8 nitrogen and oxygen atoms in total. The quantitative estimate of drug-likeness (QED) is 0.411. The molecule has 2 heterocycles. The van der Waals surface area contributed by atoms with E-state index in [2.05, 4.69) is 25.8 Å². The van der Waals surface area contributed by atoms with Crippen molar-refractivity contribution in [3.8, 4) is 11.1 Å². The third-order valence-corrected chi connectivity index (χ3v) is 6.61. The monoisotopic (exact) mass is 468 g/mol. The molecule has 2 aromatic heterocycles. The van der Waals surface area contributed by atoms with Crippen molar-refractivity contribution in [3.05, 3.63) is 71.8 Å². The molecular weight excluding hydrogens is 440 g/mol. The number of anilines is 2. The lowest BCUT2D eigenvalue weighted by Crippen LogP contribution is -2.15. The van der Waals surface area contributed by atoms with E-state index in [1.165, 1.54) is 26.2 Å². The first-order valence-electron chi connectivity index (χ1n) is 12.0. The van der Waals surface area contributed by atoms with E-state index in [-0.39, 0.29) is 11.8 Å². The van der Waals surface area contributed by atoms with Gasteiger partial charge in [0, 0.05) is 30.3 Å². The van der Waals surface area contributed by atoms with Crippen molar-refractivity contribution in [2.24, 2.45) is 0 Å². The van der Waals surface area contributed by atoms with Gasteiger partial charge in [0.2, 0.25) is 5.91 Å². The molecule has 0 atom stereocenters. The molecule has 2 aromatic carbocycles. The van der Waals surface area contributed by atoms with Crippen molar-refractivity contribution in [2.75, 3.05) is 10.6 Å². The Bertz CT molecular complexity index is 1390. The maximum absolute atomic E-state index is 13.2. The van der Waals surface area contributed by atoms with Gasteiger partial charge in [-0.05, 0) is 54.7 Å². The summed E-state index contributed by atoms with van der Waals surface area (Å²) in [5.41, 5.74) is 4.72. The second kappa shape index (κ2) is 9.66. The van der Waals surface area contributed by atoms with E-state index >= 15 is 0 Å². The van der Waals surface area contributed by atoms with Crippen LogP contribution in [0.5, 0.6) is 0 Å². The maximum Gasteiger partial charge on any atom is 0.256 e. The number of carbonyl (C=O) groups excluding carboxylic acids is 2. The maximum atomic E-state index is 13.2. The van der Waals surface area contributed by atoms with Gasteiger partial charge >= 0.3 is 0 Å². The summed E-state index contributed by atoms with van der Waals surface area (Å²) in [4.78, 5) is 28.9. The molecule has 4 aromatic rings. The lowest BCUT2D eigenvalue weighted by atomic mass is 9.89. The molecule has 2 amide bonds. The van der Waals surface area contributed by atoms with Gasteiger partial charge in [-0.1, -0.05) is 43.5 Å². The zero-order chi connectivity index (χ0) is 24.4. The lowest BCUT2D eigenvalue weighted by Gasteiger charge is -2.19. The minimum absolute atomic E-state index is 0.113. The van der Waals surface area contributed by atoms with Crippen LogP contribution in [0.3, 0.4) is 0 Å². The van der Waals surface area contributed by atoms with E-state index in [1.807, 2.05) is 60.0 Å². The van der Waals surface area contributed by atoms with Gasteiger partial charge in [0.15, 0.2) is 0 Å². The standard InChI is InChI=1S/C27H28N6O2/c1-17-23(19-11-13-21(14-12-19)29-18(2)34)9-6-10-24(17)26(35)30-22-15-28-27-32-31-25(33(27)16-22)20-7-4-3-5-8-20/h6,9-16,20H,3-5,7-8H2,1-2H3,(H,29,34)(H,30,35). The third kappa shape index (κ3) is 4.77. The van der Waals surface area contributed by atoms with Crippen LogP contribution in [0.1, 0.15) is 66.7 Å². The molecule has 0 saturated heterocycles. The average molecular weight is 469 g/mol. The summed E-state index contributed by atoms with van der Waals surface area (Å²) >= 11 is 0. The second-order valence-electron chi connectivity index (χ2n) is 9.10. The summed E-state index contributed by atoms with van der Waals surface area (Å²) in [6.07, 6.45) is 9.37. The number of carbonyl (C=O) groups is 2. The van der Waals surface area contributed by atoms with Crippen molar-refractivity contribution in [1.82, 2.24) is 19.6 Å². The summed E-state index contributed by atoms with van der Waals surface area (Å²) < 4.78 is 1.91. The fraction of sp³-hybridized carbons (Fsp3) is 0.296. The predicted octanol–water partition coefficient (Wildman–Crippen LogP) is 5.36. The first-order valence-corrected chi connectivity index (χ1v) is 12.0. The van der Waals surface area contributed by atoms with E-state index in [0.29, 0.717) is 22.9 Å². The molecule has 2 N–H and O–H groups in total. The number of nitrogens with zero attached hydrogens (tertiary/aromatic N) is 4. The smallest absolute Gasteiger partial charge is 0.256 e. The highest BCUT2D eigenvalue weighted by atomic mass is 16.2. The molecule has 1 aliphatic carbocycles. The van der Waals surface area contributed by atoms with Gasteiger partial charge in [-0.15, -0.1) is 10.2 Å². The minimum atomic E-state index is -0.201. The van der Waals surface area contributed by atoms with Crippen LogP contribution in [0.2, 0.25) is 0 Å². The van der Waals surface area contributed by atoms with Crippen LogP contribution >= 0.6 is 0 Å². The Morgan fingerprint density at radius 2 is 1.71 bits per heavy atom. The largest absolute Gasteiger partial charge is 0.326 e. The Balaban J connectivity index is 1.38. The molecule has 1 aliphatic rings. The molecule has 178 valence electrons. The predicted molar refractivity (Wildman–Crippen MR) is 135 cm³/mol. The second-order valence-corrected chi connectivity index (χ2v) is 9.10. The van der Waals surface area contributed by atoms with Gasteiger partial charge in [-0.3, -0.25) is 14.0 Å². The van der Waals surface area contributed by atoms with Gasteiger partial charge in [-0.25, -0.2) is 4.98 Å². The third-order valence-electron chi connectivity index (χ3n) is 6.61. The van der Waals surface area contributed by atoms with Crippen molar-refractivity contribution in [3.63, 3.8) is 0 Å². The lowest BCUT2D eigenvalue weighted by molar-refractivity contribution is -0.114. The van der Waals surface area contributed by atoms with Gasteiger partial charge in [-0.2, -0.15) is 0 Å². The van der Waals surface area contributed by atoms with Crippen molar-refractivity contribution >= 4 is 29.0 Å². The average Bonchev–Trinajstić information content (AvgIpc) is 3.28. The Labute approximate surface area is 203 Å². The molecular formula is C27H28N6O2. The van der Waals surface area contributed by atoms with E-state index in [1.54, 1.807) is 6.20 Å². The zero-order valence-corrected chi connectivity index (χ0v) is 19.9. The summed E-state index contributed by atoms with van der Waals surface area (Å²) in [6, 6.07) is 13.3.